The van der Waals surface area contributed by atoms with Crippen molar-refractivity contribution in [3.05, 3.63) is 42.2 Å². The SMILES string of the molecule is COc1cc(NC(=O)c2cccn2C)cc(OC)c1. The summed E-state index contributed by atoms with van der Waals surface area (Å²) in [5.41, 5.74) is 1.21. The Morgan fingerprint density at radius 2 is 1.79 bits per heavy atom. The predicted octanol–water partition coefficient (Wildman–Crippen LogP) is 2.29. The van der Waals surface area contributed by atoms with E-state index in [2.05, 4.69) is 5.32 Å². The number of nitrogens with one attached hydrogen (secondary N) is 1. The Balaban J connectivity index is 2.23. The fourth-order valence-corrected chi connectivity index (χ4v) is 1.77. The number of rotatable bonds is 4. The molecule has 2 rings (SSSR count). The number of ether oxygens (including phenoxy) is 2. The highest BCUT2D eigenvalue weighted by Gasteiger charge is 2.10. The number of anilines is 1. The fraction of sp³-hybridized carbons (Fsp3) is 0.214. The van der Waals surface area contributed by atoms with Crippen LogP contribution in [-0.4, -0.2) is 24.7 Å². The lowest BCUT2D eigenvalue weighted by atomic mass is 10.2. The largest absolute Gasteiger partial charge is 0.497 e. The van der Waals surface area contributed by atoms with Gasteiger partial charge >= 0.3 is 0 Å². The van der Waals surface area contributed by atoms with Gasteiger partial charge in [0.05, 0.1) is 14.2 Å². The van der Waals surface area contributed by atoms with Gasteiger partial charge in [0.2, 0.25) is 0 Å². The molecule has 0 fully saturated rings. The lowest BCUT2D eigenvalue weighted by molar-refractivity contribution is 0.101. The molecule has 0 aliphatic heterocycles. The van der Waals surface area contributed by atoms with Gasteiger partial charge in [0.25, 0.3) is 5.91 Å². The number of nitrogens with zero attached hydrogens (tertiary/aromatic N) is 1. The van der Waals surface area contributed by atoms with E-state index in [1.165, 1.54) is 0 Å². The summed E-state index contributed by atoms with van der Waals surface area (Å²) < 4.78 is 12.1. The van der Waals surface area contributed by atoms with Crippen molar-refractivity contribution in [3.8, 4) is 11.5 Å². The molecule has 0 atom stereocenters. The molecule has 0 radical (unpaired) electrons. The second kappa shape index (κ2) is 5.48. The highest BCUT2D eigenvalue weighted by Crippen LogP contribution is 2.26. The number of hydrogen-bond acceptors (Lipinski definition) is 3. The molecule has 1 amide bonds. The Labute approximate surface area is 111 Å². The lowest BCUT2D eigenvalue weighted by Crippen LogP contribution is -2.15. The van der Waals surface area contributed by atoms with Gasteiger partial charge in [-0.1, -0.05) is 0 Å². The normalized spacial score (nSPS) is 10.1. The monoisotopic (exact) mass is 260 g/mol. The molecule has 0 aliphatic carbocycles. The minimum Gasteiger partial charge on any atom is -0.497 e. The molecule has 1 aromatic carbocycles. The minimum atomic E-state index is -0.178. The van der Waals surface area contributed by atoms with E-state index in [4.69, 9.17) is 9.47 Å². The molecular formula is C14H16N2O3. The molecule has 0 saturated carbocycles. The van der Waals surface area contributed by atoms with Gasteiger partial charge in [-0.15, -0.1) is 0 Å². The number of carbonyl (C=O) groups is 1. The maximum absolute atomic E-state index is 12.1. The van der Waals surface area contributed by atoms with Crippen molar-refractivity contribution in [1.82, 2.24) is 4.57 Å². The van der Waals surface area contributed by atoms with Crippen LogP contribution in [0.15, 0.2) is 36.5 Å². The van der Waals surface area contributed by atoms with Crippen LogP contribution in [0, 0.1) is 0 Å². The number of methoxy groups -OCH3 is 2. The van der Waals surface area contributed by atoms with Crippen molar-refractivity contribution < 1.29 is 14.3 Å². The van der Waals surface area contributed by atoms with Crippen LogP contribution in [0.2, 0.25) is 0 Å². The summed E-state index contributed by atoms with van der Waals surface area (Å²) in [5, 5.41) is 2.81. The summed E-state index contributed by atoms with van der Waals surface area (Å²) >= 11 is 0. The molecule has 0 bridgehead atoms. The number of hydrogen-bond donors (Lipinski definition) is 1. The molecule has 0 spiro atoms. The van der Waals surface area contributed by atoms with E-state index in [1.807, 2.05) is 19.3 Å². The summed E-state index contributed by atoms with van der Waals surface area (Å²) in [6.07, 6.45) is 1.82. The fourth-order valence-electron chi connectivity index (χ4n) is 1.77. The molecule has 0 aliphatic rings. The highest BCUT2D eigenvalue weighted by molar-refractivity contribution is 6.03. The Kier molecular flexibility index (Phi) is 3.75. The molecule has 2 aromatic rings. The van der Waals surface area contributed by atoms with E-state index in [-0.39, 0.29) is 5.91 Å². The number of carbonyl (C=O) groups excluding carboxylic acids is 1. The van der Waals surface area contributed by atoms with Crippen molar-refractivity contribution in [1.29, 1.82) is 0 Å². The third-order valence-electron chi connectivity index (χ3n) is 2.79. The van der Waals surface area contributed by atoms with Crippen LogP contribution >= 0.6 is 0 Å². The van der Waals surface area contributed by atoms with E-state index in [1.54, 1.807) is 43.1 Å². The summed E-state index contributed by atoms with van der Waals surface area (Å²) in [6, 6.07) is 8.80. The van der Waals surface area contributed by atoms with Gasteiger partial charge in [-0.25, -0.2) is 0 Å². The van der Waals surface area contributed by atoms with E-state index in [0.717, 1.165) is 0 Å². The minimum absolute atomic E-state index is 0.178. The zero-order chi connectivity index (χ0) is 13.8. The number of benzene rings is 1. The Bertz CT molecular complexity index is 568. The van der Waals surface area contributed by atoms with Crippen molar-refractivity contribution in [2.45, 2.75) is 0 Å². The van der Waals surface area contributed by atoms with Crippen LogP contribution in [0.4, 0.5) is 5.69 Å². The van der Waals surface area contributed by atoms with Crippen LogP contribution in [0.25, 0.3) is 0 Å². The molecule has 0 saturated heterocycles. The molecule has 19 heavy (non-hydrogen) atoms. The first-order chi connectivity index (χ1) is 9.13. The third-order valence-corrected chi connectivity index (χ3v) is 2.79. The van der Waals surface area contributed by atoms with Crippen LogP contribution in [0.5, 0.6) is 11.5 Å². The Hall–Kier alpha value is -2.43. The van der Waals surface area contributed by atoms with E-state index < -0.39 is 0 Å². The first-order valence-corrected chi connectivity index (χ1v) is 5.80. The lowest BCUT2D eigenvalue weighted by Gasteiger charge is -2.10. The van der Waals surface area contributed by atoms with Crippen LogP contribution in [-0.2, 0) is 7.05 Å². The number of aryl methyl sites for hydroxylation is 1. The molecule has 5 nitrogen and oxygen atoms in total. The van der Waals surface area contributed by atoms with Crippen molar-refractivity contribution >= 4 is 11.6 Å². The van der Waals surface area contributed by atoms with Gasteiger partial charge in [-0.3, -0.25) is 4.79 Å². The first-order valence-electron chi connectivity index (χ1n) is 5.80. The second-order valence-electron chi connectivity index (χ2n) is 4.06. The van der Waals surface area contributed by atoms with Gasteiger partial charge in [-0.2, -0.15) is 0 Å². The van der Waals surface area contributed by atoms with Crippen molar-refractivity contribution in [3.63, 3.8) is 0 Å². The van der Waals surface area contributed by atoms with E-state index in [0.29, 0.717) is 22.9 Å². The quantitative estimate of drug-likeness (QED) is 0.917. The Morgan fingerprint density at radius 1 is 1.16 bits per heavy atom. The maximum atomic E-state index is 12.1. The maximum Gasteiger partial charge on any atom is 0.272 e. The number of amides is 1. The smallest absolute Gasteiger partial charge is 0.272 e. The van der Waals surface area contributed by atoms with Gasteiger partial charge in [0, 0.05) is 37.1 Å². The molecular weight excluding hydrogens is 244 g/mol. The predicted molar refractivity (Wildman–Crippen MR) is 72.9 cm³/mol. The van der Waals surface area contributed by atoms with Crippen molar-refractivity contribution in [2.75, 3.05) is 19.5 Å². The third kappa shape index (κ3) is 2.88. The van der Waals surface area contributed by atoms with Crippen LogP contribution < -0.4 is 14.8 Å². The van der Waals surface area contributed by atoms with Gasteiger partial charge in [0.15, 0.2) is 0 Å². The molecule has 0 unspecified atom stereocenters. The topological polar surface area (TPSA) is 52.5 Å². The molecule has 1 aromatic heterocycles. The zero-order valence-electron chi connectivity index (χ0n) is 11.1. The summed E-state index contributed by atoms with van der Waals surface area (Å²) in [4.78, 5) is 12.1. The molecule has 5 heteroatoms. The average molecular weight is 260 g/mol. The standard InChI is InChI=1S/C14H16N2O3/c1-16-6-4-5-13(16)14(17)15-10-7-11(18-2)9-12(8-10)19-3/h4-9H,1-3H3,(H,15,17). The summed E-state index contributed by atoms with van der Waals surface area (Å²) in [5.74, 6) is 1.07. The zero-order valence-corrected chi connectivity index (χ0v) is 11.1. The first kappa shape index (κ1) is 13.0. The molecule has 1 N–H and O–H groups in total. The summed E-state index contributed by atoms with van der Waals surface area (Å²) in [7, 11) is 4.95. The average Bonchev–Trinajstić information content (AvgIpc) is 2.84. The van der Waals surface area contributed by atoms with Gasteiger partial charge < -0.3 is 19.4 Å². The van der Waals surface area contributed by atoms with E-state index in [9.17, 15) is 4.79 Å². The van der Waals surface area contributed by atoms with Gasteiger partial charge in [0.1, 0.15) is 17.2 Å². The van der Waals surface area contributed by atoms with E-state index >= 15 is 0 Å². The second-order valence-corrected chi connectivity index (χ2v) is 4.06. The van der Waals surface area contributed by atoms with Gasteiger partial charge in [-0.05, 0) is 12.1 Å². The molecule has 1 heterocycles. The van der Waals surface area contributed by atoms with Crippen LogP contribution in [0.3, 0.4) is 0 Å². The van der Waals surface area contributed by atoms with Crippen molar-refractivity contribution in [2.24, 2.45) is 7.05 Å². The Morgan fingerprint density at radius 3 is 2.26 bits per heavy atom. The summed E-state index contributed by atoms with van der Waals surface area (Å²) in [6.45, 7) is 0. The molecule has 100 valence electrons. The highest BCUT2D eigenvalue weighted by atomic mass is 16.5. The van der Waals surface area contributed by atoms with Crippen LogP contribution in [0.1, 0.15) is 10.5 Å². The number of aromatic nitrogens is 1.